The topological polar surface area (TPSA) is 39.4 Å². The summed E-state index contributed by atoms with van der Waals surface area (Å²) in [6, 6.07) is 8.61. The Morgan fingerprint density at radius 1 is 1.35 bits per heavy atom. The van der Waals surface area contributed by atoms with E-state index in [2.05, 4.69) is 0 Å². The molecular weight excluding hydrogens is 240 g/mol. The van der Waals surface area contributed by atoms with Gasteiger partial charge >= 0.3 is 0 Å². The van der Waals surface area contributed by atoms with E-state index in [1.165, 1.54) is 0 Å². The van der Waals surface area contributed by atoms with Crippen molar-refractivity contribution in [2.75, 3.05) is 6.61 Å². The summed E-state index contributed by atoms with van der Waals surface area (Å²) in [6.07, 6.45) is 0.661. The average Bonchev–Trinajstić information content (AvgIpc) is 2.80. The van der Waals surface area contributed by atoms with E-state index in [1.54, 1.807) is 30.3 Å². The third kappa shape index (κ3) is 2.50. The molecule has 0 atom stereocenters. The molecule has 0 amide bonds. The highest BCUT2D eigenvalue weighted by Crippen LogP contribution is 2.33. The molecule has 4 heteroatoms. The fraction of sp³-hybridized carbons (Fsp3) is 0.154. The van der Waals surface area contributed by atoms with Gasteiger partial charge in [0.05, 0.1) is 12.2 Å². The molecule has 17 heavy (non-hydrogen) atoms. The molecule has 0 N–H and O–H groups in total. The van der Waals surface area contributed by atoms with Gasteiger partial charge in [-0.15, -0.1) is 0 Å². The predicted molar refractivity (Wildman–Crippen MR) is 65.7 cm³/mol. The molecule has 0 aliphatic carbocycles. The Morgan fingerprint density at radius 3 is 2.82 bits per heavy atom. The maximum Gasteiger partial charge on any atom is 0.185 e. The number of carbonyl (C=O) groups is 1. The van der Waals surface area contributed by atoms with E-state index in [9.17, 15) is 4.79 Å². The van der Waals surface area contributed by atoms with E-state index >= 15 is 0 Å². The summed E-state index contributed by atoms with van der Waals surface area (Å²) in [7, 11) is 0. The lowest BCUT2D eigenvalue weighted by Crippen LogP contribution is -1.93. The maximum absolute atomic E-state index is 10.6. The van der Waals surface area contributed by atoms with Gasteiger partial charge in [-0.3, -0.25) is 4.79 Å². The largest absolute Gasteiger partial charge is 0.493 e. The minimum atomic E-state index is 0.280. The molecule has 2 rings (SSSR count). The standard InChI is InChI=1S/C13H11ClO3/c1-2-16-12-5-3-9(14)7-11(12)13-6-4-10(8-15)17-13/h3-8H,2H2,1H3. The number of furan rings is 1. The Kier molecular flexibility index (Phi) is 3.49. The molecule has 3 nitrogen and oxygen atoms in total. The van der Waals surface area contributed by atoms with Crippen molar-refractivity contribution in [1.29, 1.82) is 0 Å². The van der Waals surface area contributed by atoms with Gasteiger partial charge in [0, 0.05) is 5.02 Å². The Morgan fingerprint density at radius 2 is 2.18 bits per heavy atom. The van der Waals surface area contributed by atoms with Crippen LogP contribution >= 0.6 is 11.6 Å². The smallest absolute Gasteiger partial charge is 0.185 e. The summed E-state index contributed by atoms with van der Waals surface area (Å²) in [5.74, 6) is 1.53. The van der Waals surface area contributed by atoms with E-state index in [4.69, 9.17) is 20.8 Å². The van der Waals surface area contributed by atoms with Crippen molar-refractivity contribution in [3.8, 4) is 17.1 Å². The Labute approximate surface area is 104 Å². The Balaban J connectivity index is 2.48. The molecule has 0 saturated carbocycles. The van der Waals surface area contributed by atoms with Crippen LogP contribution in [0.25, 0.3) is 11.3 Å². The van der Waals surface area contributed by atoms with E-state index in [0.29, 0.717) is 29.4 Å². The fourth-order valence-corrected chi connectivity index (χ4v) is 1.71. The molecule has 0 aliphatic rings. The number of rotatable bonds is 4. The van der Waals surface area contributed by atoms with Crippen LogP contribution in [-0.4, -0.2) is 12.9 Å². The lowest BCUT2D eigenvalue weighted by Gasteiger charge is -2.08. The number of benzene rings is 1. The molecular formula is C13H11ClO3. The molecule has 0 aliphatic heterocycles. The Bertz CT molecular complexity index is 531. The molecule has 1 aromatic heterocycles. The van der Waals surface area contributed by atoms with Crippen molar-refractivity contribution in [2.45, 2.75) is 6.92 Å². The molecule has 0 saturated heterocycles. The van der Waals surface area contributed by atoms with E-state index < -0.39 is 0 Å². The lowest BCUT2D eigenvalue weighted by molar-refractivity contribution is 0.110. The van der Waals surface area contributed by atoms with Gasteiger partial charge < -0.3 is 9.15 Å². The normalized spacial score (nSPS) is 10.2. The summed E-state index contributed by atoms with van der Waals surface area (Å²) < 4.78 is 10.8. The second-order valence-corrected chi connectivity index (χ2v) is 3.83. The van der Waals surface area contributed by atoms with E-state index in [1.807, 2.05) is 6.92 Å². The second-order valence-electron chi connectivity index (χ2n) is 3.39. The van der Waals surface area contributed by atoms with Crippen molar-refractivity contribution in [2.24, 2.45) is 0 Å². The molecule has 1 aromatic carbocycles. The summed E-state index contributed by atoms with van der Waals surface area (Å²) >= 11 is 5.94. The van der Waals surface area contributed by atoms with Crippen molar-refractivity contribution >= 4 is 17.9 Å². The van der Waals surface area contributed by atoms with Gasteiger partial charge in [0.15, 0.2) is 12.0 Å². The monoisotopic (exact) mass is 250 g/mol. The summed E-state index contributed by atoms with van der Waals surface area (Å²) in [5, 5.41) is 0.590. The van der Waals surface area contributed by atoms with Crippen LogP contribution in [0.1, 0.15) is 17.5 Å². The molecule has 0 spiro atoms. The predicted octanol–water partition coefficient (Wildman–Crippen LogP) is 3.81. The molecule has 0 bridgehead atoms. The number of hydrogen-bond donors (Lipinski definition) is 0. The summed E-state index contributed by atoms with van der Waals surface area (Å²) in [4.78, 5) is 10.6. The maximum atomic E-state index is 10.6. The van der Waals surface area contributed by atoms with Crippen LogP contribution in [0.2, 0.25) is 5.02 Å². The van der Waals surface area contributed by atoms with Crippen molar-refractivity contribution in [1.82, 2.24) is 0 Å². The van der Waals surface area contributed by atoms with Gasteiger partial charge in [0.25, 0.3) is 0 Å². The highest BCUT2D eigenvalue weighted by atomic mass is 35.5. The van der Waals surface area contributed by atoms with Gasteiger partial charge in [-0.25, -0.2) is 0 Å². The van der Waals surface area contributed by atoms with Crippen LogP contribution in [0.4, 0.5) is 0 Å². The SMILES string of the molecule is CCOc1ccc(Cl)cc1-c1ccc(C=O)o1. The van der Waals surface area contributed by atoms with Crippen LogP contribution in [-0.2, 0) is 0 Å². The number of hydrogen-bond acceptors (Lipinski definition) is 3. The first-order chi connectivity index (χ1) is 8.24. The lowest BCUT2D eigenvalue weighted by atomic mass is 10.1. The molecule has 2 aromatic rings. The van der Waals surface area contributed by atoms with Gasteiger partial charge in [0.1, 0.15) is 11.5 Å². The Hall–Kier alpha value is -1.74. The highest BCUT2D eigenvalue weighted by Gasteiger charge is 2.11. The first-order valence-corrected chi connectivity index (χ1v) is 5.60. The molecule has 0 fully saturated rings. The zero-order valence-electron chi connectivity index (χ0n) is 9.27. The van der Waals surface area contributed by atoms with Gasteiger partial charge in [-0.05, 0) is 37.3 Å². The zero-order chi connectivity index (χ0) is 12.3. The van der Waals surface area contributed by atoms with Gasteiger partial charge in [0.2, 0.25) is 0 Å². The number of carbonyl (C=O) groups excluding carboxylic acids is 1. The van der Waals surface area contributed by atoms with Crippen molar-refractivity contribution in [3.05, 3.63) is 41.1 Å². The first-order valence-electron chi connectivity index (χ1n) is 5.22. The molecule has 0 unspecified atom stereocenters. The second kappa shape index (κ2) is 5.06. The van der Waals surface area contributed by atoms with Crippen LogP contribution in [0.3, 0.4) is 0 Å². The van der Waals surface area contributed by atoms with E-state index in [0.717, 1.165) is 5.56 Å². The van der Waals surface area contributed by atoms with Crippen LogP contribution in [0.5, 0.6) is 5.75 Å². The van der Waals surface area contributed by atoms with Crippen molar-refractivity contribution in [3.63, 3.8) is 0 Å². The van der Waals surface area contributed by atoms with Gasteiger partial charge in [-0.1, -0.05) is 11.6 Å². The zero-order valence-corrected chi connectivity index (χ0v) is 10.0. The van der Waals surface area contributed by atoms with Crippen LogP contribution < -0.4 is 4.74 Å². The third-order valence-corrected chi connectivity index (χ3v) is 2.48. The number of ether oxygens (including phenoxy) is 1. The minimum absolute atomic E-state index is 0.280. The van der Waals surface area contributed by atoms with Gasteiger partial charge in [-0.2, -0.15) is 0 Å². The van der Waals surface area contributed by atoms with Crippen LogP contribution in [0, 0.1) is 0 Å². The minimum Gasteiger partial charge on any atom is -0.493 e. The number of halogens is 1. The molecule has 88 valence electrons. The summed E-state index contributed by atoms with van der Waals surface area (Å²) in [5.41, 5.74) is 0.743. The molecule has 1 heterocycles. The molecule has 0 radical (unpaired) electrons. The quantitative estimate of drug-likeness (QED) is 0.775. The summed E-state index contributed by atoms with van der Waals surface area (Å²) in [6.45, 7) is 2.45. The highest BCUT2D eigenvalue weighted by molar-refractivity contribution is 6.30. The average molecular weight is 251 g/mol. The third-order valence-electron chi connectivity index (χ3n) is 2.25. The van der Waals surface area contributed by atoms with Crippen molar-refractivity contribution < 1.29 is 13.9 Å². The fourth-order valence-electron chi connectivity index (χ4n) is 1.54. The number of aldehydes is 1. The van der Waals surface area contributed by atoms with E-state index in [-0.39, 0.29) is 5.76 Å². The van der Waals surface area contributed by atoms with Crippen LogP contribution in [0.15, 0.2) is 34.7 Å². The first kappa shape index (κ1) is 11.7.